The van der Waals surface area contributed by atoms with Crippen molar-refractivity contribution in [2.45, 2.75) is 18.9 Å². The predicted octanol–water partition coefficient (Wildman–Crippen LogP) is 0.783. The molecule has 0 unspecified atom stereocenters. The van der Waals surface area contributed by atoms with Crippen molar-refractivity contribution in [2.75, 3.05) is 38.2 Å². The zero-order valence-corrected chi connectivity index (χ0v) is 17.0. The van der Waals surface area contributed by atoms with Crippen LogP contribution in [0.2, 0.25) is 0 Å². The van der Waals surface area contributed by atoms with E-state index in [2.05, 4.69) is 19.9 Å². The normalized spacial score (nSPS) is 16.5. The van der Waals surface area contributed by atoms with Crippen LogP contribution in [0.5, 0.6) is 6.01 Å². The number of nitrogens with two attached hydrogens (primary N) is 1. The second-order valence-electron chi connectivity index (χ2n) is 7.66. The number of anilines is 1. The third-order valence-corrected chi connectivity index (χ3v) is 5.47. The molecule has 1 saturated carbocycles. The monoisotopic (exact) mass is 410 g/mol. The minimum atomic E-state index is -0.145. The fraction of sp³-hybridized carbons (Fsp3) is 0.429. The van der Waals surface area contributed by atoms with Crippen molar-refractivity contribution in [3.8, 4) is 17.3 Å². The van der Waals surface area contributed by atoms with Gasteiger partial charge in [0.05, 0.1) is 18.8 Å². The first-order valence-electron chi connectivity index (χ1n) is 10.1. The molecule has 2 aromatic rings. The van der Waals surface area contributed by atoms with Gasteiger partial charge in [-0.3, -0.25) is 9.59 Å². The number of pyridine rings is 1. The van der Waals surface area contributed by atoms with Crippen LogP contribution < -0.4 is 20.9 Å². The van der Waals surface area contributed by atoms with Gasteiger partial charge in [0.15, 0.2) is 0 Å². The van der Waals surface area contributed by atoms with Crippen LogP contribution in [0.4, 0.5) is 5.69 Å². The lowest BCUT2D eigenvalue weighted by Gasteiger charge is -2.46. The van der Waals surface area contributed by atoms with Crippen LogP contribution in [-0.4, -0.2) is 65.1 Å². The Morgan fingerprint density at radius 3 is 2.93 bits per heavy atom. The van der Waals surface area contributed by atoms with E-state index < -0.39 is 0 Å². The number of carbonyl (C=O) groups is 1. The predicted molar refractivity (Wildman–Crippen MR) is 113 cm³/mol. The molecule has 2 aromatic heterocycles. The molecule has 1 saturated heterocycles. The molecule has 1 aliphatic heterocycles. The summed E-state index contributed by atoms with van der Waals surface area (Å²) in [7, 11) is 1.52. The Balaban J connectivity index is 1.58. The molecule has 9 nitrogen and oxygen atoms in total. The highest BCUT2D eigenvalue weighted by molar-refractivity contribution is 5.88. The summed E-state index contributed by atoms with van der Waals surface area (Å²) < 4.78 is 5.11. The molecule has 2 fully saturated rings. The molecule has 9 heteroatoms. The molecule has 2 aliphatic rings. The van der Waals surface area contributed by atoms with E-state index in [-0.39, 0.29) is 23.5 Å². The van der Waals surface area contributed by atoms with E-state index in [1.165, 1.54) is 26.0 Å². The Kier molecular flexibility index (Phi) is 5.80. The first kappa shape index (κ1) is 20.1. The Labute approximate surface area is 174 Å². The lowest BCUT2D eigenvalue weighted by molar-refractivity contribution is -0.130. The van der Waals surface area contributed by atoms with Crippen LogP contribution >= 0.6 is 0 Å². The maximum atomic E-state index is 12.7. The molecule has 30 heavy (non-hydrogen) atoms. The van der Waals surface area contributed by atoms with Gasteiger partial charge < -0.3 is 25.3 Å². The maximum Gasteiger partial charge on any atom is 0.316 e. The molecule has 3 N–H and O–H groups in total. The van der Waals surface area contributed by atoms with E-state index in [9.17, 15) is 9.59 Å². The van der Waals surface area contributed by atoms with Crippen molar-refractivity contribution in [3.63, 3.8) is 0 Å². The van der Waals surface area contributed by atoms with Gasteiger partial charge in [-0.1, -0.05) is 6.08 Å². The lowest BCUT2D eigenvalue weighted by atomic mass is 10.0. The van der Waals surface area contributed by atoms with E-state index >= 15 is 0 Å². The lowest BCUT2D eigenvalue weighted by Crippen LogP contribution is -2.62. The molecule has 3 heterocycles. The van der Waals surface area contributed by atoms with Crippen molar-refractivity contribution in [1.29, 1.82) is 0 Å². The number of amides is 1. The first-order valence-corrected chi connectivity index (χ1v) is 10.1. The van der Waals surface area contributed by atoms with Gasteiger partial charge in [-0.05, 0) is 30.9 Å². The van der Waals surface area contributed by atoms with Crippen LogP contribution in [0.3, 0.4) is 0 Å². The van der Waals surface area contributed by atoms with Gasteiger partial charge >= 0.3 is 6.01 Å². The molecule has 0 bridgehead atoms. The van der Waals surface area contributed by atoms with Crippen LogP contribution in [0, 0.1) is 5.92 Å². The topological polar surface area (TPSA) is 117 Å². The van der Waals surface area contributed by atoms with Gasteiger partial charge in [-0.2, -0.15) is 4.98 Å². The number of aromatic amines is 1. The number of hydrogen-bond donors (Lipinski definition) is 2. The van der Waals surface area contributed by atoms with Crippen molar-refractivity contribution in [2.24, 2.45) is 11.7 Å². The summed E-state index contributed by atoms with van der Waals surface area (Å²) in [5.74, 6) is 0.549. The highest BCUT2D eigenvalue weighted by Gasteiger charge is 2.37. The fourth-order valence-electron chi connectivity index (χ4n) is 3.56. The summed E-state index contributed by atoms with van der Waals surface area (Å²) in [4.78, 5) is 40.0. The number of rotatable bonds is 8. The third kappa shape index (κ3) is 4.35. The summed E-state index contributed by atoms with van der Waals surface area (Å²) in [5, 5.41) is 0. The van der Waals surface area contributed by atoms with Gasteiger partial charge in [-0.25, -0.2) is 4.98 Å². The number of hydrogen-bond acceptors (Lipinski definition) is 7. The summed E-state index contributed by atoms with van der Waals surface area (Å²) >= 11 is 0. The molecule has 0 atom stereocenters. The number of nitrogens with zero attached hydrogens (tertiary/aromatic N) is 4. The number of carbonyl (C=O) groups excluding carboxylic acids is 1. The Morgan fingerprint density at radius 1 is 1.43 bits per heavy atom. The largest absolute Gasteiger partial charge is 0.467 e. The summed E-state index contributed by atoms with van der Waals surface area (Å²) in [6.07, 6.45) is 8.78. The number of aromatic nitrogens is 3. The summed E-state index contributed by atoms with van der Waals surface area (Å²) in [6, 6.07) is 4.02. The second-order valence-corrected chi connectivity index (χ2v) is 7.66. The van der Waals surface area contributed by atoms with Crippen molar-refractivity contribution in [3.05, 3.63) is 47.0 Å². The van der Waals surface area contributed by atoms with Gasteiger partial charge in [0.1, 0.15) is 5.69 Å². The van der Waals surface area contributed by atoms with Crippen molar-refractivity contribution in [1.82, 2.24) is 19.9 Å². The fourth-order valence-corrected chi connectivity index (χ4v) is 3.56. The zero-order valence-electron chi connectivity index (χ0n) is 17.0. The molecule has 158 valence electrons. The zero-order chi connectivity index (χ0) is 21.1. The molecule has 0 radical (unpaired) electrons. The number of H-pyrrole nitrogens is 1. The Morgan fingerprint density at radius 2 is 2.23 bits per heavy atom. The second kappa shape index (κ2) is 8.66. The number of likely N-dealkylation sites (tertiary alicyclic amines) is 1. The highest BCUT2D eigenvalue weighted by Crippen LogP contribution is 2.33. The van der Waals surface area contributed by atoms with E-state index in [0.717, 1.165) is 12.1 Å². The number of methoxy groups -OCH3 is 1. The molecule has 1 amide bonds. The maximum absolute atomic E-state index is 12.7. The quantitative estimate of drug-likeness (QED) is 0.618. The minimum Gasteiger partial charge on any atom is -0.467 e. The third-order valence-electron chi connectivity index (χ3n) is 5.47. The number of ether oxygens (including phenoxy) is 1. The Hall–Kier alpha value is -3.20. The van der Waals surface area contributed by atoms with Crippen LogP contribution in [-0.2, 0) is 4.79 Å². The molecular weight excluding hydrogens is 384 g/mol. The van der Waals surface area contributed by atoms with Gasteiger partial charge in [-0.15, -0.1) is 0 Å². The van der Waals surface area contributed by atoms with Crippen LogP contribution in [0.15, 0.2) is 41.5 Å². The Bertz CT molecular complexity index is 994. The smallest absolute Gasteiger partial charge is 0.316 e. The van der Waals surface area contributed by atoms with Gasteiger partial charge in [0.2, 0.25) is 5.91 Å². The highest BCUT2D eigenvalue weighted by atomic mass is 16.5. The minimum absolute atomic E-state index is 0.0428. The van der Waals surface area contributed by atoms with Crippen molar-refractivity contribution < 1.29 is 9.53 Å². The summed E-state index contributed by atoms with van der Waals surface area (Å²) in [6.45, 7) is 2.33. The van der Waals surface area contributed by atoms with E-state index in [4.69, 9.17) is 10.5 Å². The molecule has 4 rings (SSSR count). The SMILES string of the molecule is COc1nccc(-c2c[nH]c(=O)c(N(CC3CC3)C3CN(C(=O)C=CCN)C3)c2)n1. The molecular formula is C21H26N6O3. The van der Waals surface area contributed by atoms with Crippen LogP contribution in [0.25, 0.3) is 11.3 Å². The first-order chi connectivity index (χ1) is 14.6. The average Bonchev–Trinajstić information content (AvgIpc) is 3.55. The van der Waals surface area contributed by atoms with Crippen molar-refractivity contribution >= 4 is 11.6 Å². The van der Waals surface area contributed by atoms with E-state index in [0.29, 0.717) is 36.9 Å². The average molecular weight is 410 g/mol. The summed E-state index contributed by atoms with van der Waals surface area (Å²) in [5.41, 5.74) is 7.34. The van der Waals surface area contributed by atoms with Gasteiger partial charge in [0, 0.05) is 50.2 Å². The standard InChI is InChI=1S/C21H26N6O3/c1-30-21-23-8-6-17(25-21)15-9-18(20(29)24-10-15)27(11-14-4-5-14)16-12-26(13-16)19(28)3-2-7-22/h2-3,6,8-10,14,16H,4-5,7,11-13,22H2,1H3,(H,24,29). The molecule has 0 spiro atoms. The van der Waals surface area contributed by atoms with Crippen LogP contribution in [0.1, 0.15) is 12.8 Å². The molecule has 0 aromatic carbocycles. The number of nitrogens with one attached hydrogen (secondary N) is 1. The van der Waals surface area contributed by atoms with E-state index in [1.54, 1.807) is 29.4 Å². The van der Waals surface area contributed by atoms with E-state index in [1.807, 2.05) is 6.07 Å². The molecule has 1 aliphatic carbocycles. The van der Waals surface area contributed by atoms with Gasteiger partial charge in [0.25, 0.3) is 5.56 Å².